The van der Waals surface area contributed by atoms with Crippen LogP contribution in [-0.4, -0.2) is 44.2 Å². The van der Waals surface area contributed by atoms with Gasteiger partial charge in [-0.25, -0.2) is 8.78 Å². The summed E-state index contributed by atoms with van der Waals surface area (Å²) in [5.74, 6) is -3.99. The molecule has 5 nitrogen and oxygen atoms in total. The summed E-state index contributed by atoms with van der Waals surface area (Å²) in [6.45, 7) is -2.23. The van der Waals surface area contributed by atoms with E-state index in [0.29, 0.717) is 5.69 Å². The van der Waals surface area contributed by atoms with Gasteiger partial charge in [0.05, 0.1) is 17.9 Å². The van der Waals surface area contributed by atoms with Crippen LogP contribution in [0.3, 0.4) is 0 Å². The summed E-state index contributed by atoms with van der Waals surface area (Å²) in [6, 6.07) is 4.55. The average molecular weight is 273 g/mol. The molecule has 106 valence electrons. The molecule has 0 atom stereocenters. The van der Waals surface area contributed by atoms with Crippen LogP contribution < -0.4 is 16.0 Å². The van der Waals surface area contributed by atoms with Crippen LogP contribution >= 0.6 is 0 Å². The number of nitrogens with one attached hydrogen (secondary N) is 1. The van der Waals surface area contributed by atoms with Crippen molar-refractivity contribution in [3.05, 3.63) is 23.8 Å². The lowest BCUT2D eigenvalue weighted by atomic mass is 10.1. The molecule has 1 aromatic rings. The highest BCUT2D eigenvalue weighted by Gasteiger charge is 2.28. The molecular formula is C12H17F2N3O2. The van der Waals surface area contributed by atoms with E-state index in [2.05, 4.69) is 0 Å². The Bertz CT molecular complexity index is 464. The normalized spacial score (nSPS) is 11.2. The van der Waals surface area contributed by atoms with Crippen molar-refractivity contribution in [2.75, 3.05) is 37.9 Å². The molecule has 0 unspecified atom stereocenters. The summed E-state index contributed by atoms with van der Waals surface area (Å²) < 4.78 is 25.6. The van der Waals surface area contributed by atoms with Crippen LogP contribution in [0.5, 0.6) is 0 Å². The lowest BCUT2D eigenvalue weighted by molar-refractivity contribution is -0.0462. The van der Waals surface area contributed by atoms with E-state index >= 15 is 0 Å². The van der Waals surface area contributed by atoms with Gasteiger partial charge in [0.1, 0.15) is 6.61 Å². The Morgan fingerprint density at radius 3 is 2.58 bits per heavy atom. The van der Waals surface area contributed by atoms with Crippen LogP contribution in [-0.2, 0) is 0 Å². The van der Waals surface area contributed by atoms with E-state index in [9.17, 15) is 13.6 Å². The summed E-state index contributed by atoms with van der Waals surface area (Å²) in [6.07, 6.45) is 0. The third-order valence-electron chi connectivity index (χ3n) is 2.51. The molecular weight excluding hydrogens is 256 g/mol. The van der Waals surface area contributed by atoms with E-state index in [1.165, 1.54) is 12.1 Å². The molecule has 0 fully saturated rings. The molecule has 19 heavy (non-hydrogen) atoms. The summed E-state index contributed by atoms with van der Waals surface area (Å²) in [5, 5.41) is 10.4. The van der Waals surface area contributed by atoms with Gasteiger partial charge in [-0.05, 0) is 18.2 Å². The molecule has 7 heteroatoms. The van der Waals surface area contributed by atoms with Crippen molar-refractivity contribution in [2.45, 2.75) is 5.92 Å². The molecule has 1 rings (SSSR count). The highest BCUT2D eigenvalue weighted by atomic mass is 19.3. The molecule has 0 aliphatic rings. The van der Waals surface area contributed by atoms with Crippen molar-refractivity contribution in [1.29, 1.82) is 0 Å². The van der Waals surface area contributed by atoms with Crippen molar-refractivity contribution >= 4 is 17.3 Å². The Hall–Kier alpha value is -1.89. The van der Waals surface area contributed by atoms with Crippen molar-refractivity contribution < 1.29 is 18.7 Å². The maximum atomic E-state index is 12.8. The van der Waals surface area contributed by atoms with Gasteiger partial charge >= 0.3 is 0 Å². The molecule has 1 aromatic carbocycles. The van der Waals surface area contributed by atoms with Gasteiger partial charge in [0.2, 0.25) is 0 Å². The van der Waals surface area contributed by atoms with Crippen LogP contribution in [0, 0.1) is 0 Å². The minimum atomic E-state index is -3.33. The van der Waals surface area contributed by atoms with Gasteiger partial charge < -0.3 is 21.1 Å². The average Bonchev–Trinajstić information content (AvgIpc) is 2.35. The monoisotopic (exact) mass is 273 g/mol. The van der Waals surface area contributed by atoms with E-state index in [4.69, 9.17) is 10.8 Å². The van der Waals surface area contributed by atoms with Crippen LogP contribution in [0.15, 0.2) is 18.2 Å². The molecule has 4 N–H and O–H groups in total. The van der Waals surface area contributed by atoms with Gasteiger partial charge in [-0.2, -0.15) is 0 Å². The Balaban J connectivity index is 2.76. The van der Waals surface area contributed by atoms with Gasteiger partial charge in [-0.1, -0.05) is 0 Å². The molecule has 1 amide bonds. The predicted octanol–water partition coefficient (Wildman–Crippen LogP) is 0.692. The molecule has 0 heterocycles. The molecule has 0 radical (unpaired) electrons. The number of anilines is 2. The number of hydrogen-bond acceptors (Lipinski definition) is 4. The van der Waals surface area contributed by atoms with Crippen molar-refractivity contribution in [3.8, 4) is 0 Å². The topological polar surface area (TPSA) is 78.6 Å². The number of aliphatic hydroxyl groups excluding tert-OH is 1. The highest BCUT2D eigenvalue weighted by molar-refractivity contribution is 5.96. The molecule has 0 saturated heterocycles. The first kappa shape index (κ1) is 15.2. The number of nitrogens with zero attached hydrogens (tertiary/aromatic N) is 1. The SMILES string of the molecule is CN(C)c1ccc(C(=O)NCC(F)(F)CO)cc1N. The molecule has 0 bridgehead atoms. The Morgan fingerprint density at radius 2 is 2.11 bits per heavy atom. The highest BCUT2D eigenvalue weighted by Crippen LogP contribution is 2.22. The molecule has 0 aliphatic heterocycles. The van der Waals surface area contributed by atoms with E-state index < -0.39 is 25.0 Å². The second-order valence-corrected chi connectivity index (χ2v) is 4.36. The standard InChI is InChI=1S/C12H17F2N3O2/c1-17(2)10-4-3-8(5-9(10)15)11(19)16-6-12(13,14)7-18/h3-5,18H,6-7,15H2,1-2H3,(H,16,19). The zero-order chi connectivity index (χ0) is 14.6. The third kappa shape index (κ3) is 4.06. The predicted molar refractivity (Wildman–Crippen MR) is 69.5 cm³/mol. The maximum absolute atomic E-state index is 12.8. The minimum Gasteiger partial charge on any atom is -0.397 e. The Labute approximate surface area is 110 Å². The van der Waals surface area contributed by atoms with Crippen LogP contribution in [0.2, 0.25) is 0 Å². The number of halogens is 2. The molecule has 0 saturated carbocycles. The number of nitrogen functional groups attached to an aromatic ring is 1. The van der Waals surface area contributed by atoms with Crippen LogP contribution in [0.4, 0.5) is 20.2 Å². The first-order valence-electron chi connectivity index (χ1n) is 5.60. The Morgan fingerprint density at radius 1 is 1.47 bits per heavy atom. The van der Waals surface area contributed by atoms with Gasteiger partial charge in [0.15, 0.2) is 0 Å². The lowest BCUT2D eigenvalue weighted by Crippen LogP contribution is -2.39. The quantitative estimate of drug-likeness (QED) is 0.690. The van der Waals surface area contributed by atoms with Crippen LogP contribution in [0.1, 0.15) is 10.4 Å². The smallest absolute Gasteiger partial charge is 0.287 e. The number of alkyl halides is 2. The second kappa shape index (κ2) is 5.83. The van der Waals surface area contributed by atoms with E-state index in [1.807, 2.05) is 5.32 Å². The van der Waals surface area contributed by atoms with E-state index in [-0.39, 0.29) is 5.56 Å². The number of nitrogens with two attached hydrogens (primary N) is 1. The van der Waals surface area contributed by atoms with Gasteiger partial charge in [0, 0.05) is 19.7 Å². The second-order valence-electron chi connectivity index (χ2n) is 4.36. The number of amides is 1. The zero-order valence-corrected chi connectivity index (χ0v) is 10.8. The van der Waals surface area contributed by atoms with Crippen molar-refractivity contribution in [1.82, 2.24) is 5.32 Å². The summed E-state index contributed by atoms with van der Waals surface area (Å²) in [7, 11) is 3.60. The lowest BCUT2D eigenvalue weighted by Gasteiger charge is -2.17. The number of benzene rings is 1. The summed E-state index contributed by atoms with van der Waals surface area (Å²) >= 11 is 0. The van der Waals surface area contributed by atoms with E-state index in [1.54, 1.807) is 25.1 Å². The number of carbonyl (C=O) groups is 1. The van der Waals surface area contributed by atoms with Crippen molar-refractivity contribution in [3.63, 3.8) is 0 Å². The van der Waals surface area contributed by atoms with Gasteiger partial charge in [-0.15, -0.1) is 0 Å². The molecule has 0 aromatic heterocycles. The fourth-order valence-corrected chi connectivity index (χ4v) is 1.47. The van der Waals surface area contributed by atoms with Crippen molar-refractivity contribution in [2.24, 2.45) is 0 Å². The first-order chi connectivity index (χ1) is 8.76. The van der Waals surface area contributed by atoms with Gasteiger partial charge in [-0.3, -0.25) is 4.79 Å². The number of aliphatic hydroxyl groups is 1. The van der Waals surface area contributed by atoms with Crippen LogP contribution in [0.25, 0.3) is 0 Å². The number of hydrogen-bond donors (Lipinski definition) is 3. The van der Waals surface area contributed by atoms with E-state index in [0.717, 1.165) is 5.69 Å². The fourth-order valence-electron chi connectivity index (χ4n) is 1.47. The maximum Gasteiger partial charge on any atom is 0.287 e. The number of carbonyl (C=O) groups excluding carboxylic acids is 1. The largest absolute Gasteiger partial charge is 0.397 e. The molecule has 0 spiro atoms. The third-order valence-corrected chi connectivity index (χ3v) is 2.51. The van der Waals surface area contributed by atoms with Gasteiger partial charge in [0.25, 0.3) is 11.8 Å². The first-order valence-corrected chi connectivity index (χ1v) is 5.60. The summed E-state index contributed by atoms with van der Waals surface area (Å²) in [5.41, 5.74) is 7.06. The zero-order valence-electron chi connectivity index (χ0n) is 10.8. The Kier molecular flexibility index (Phi) is 4.66. The summed E-state index contributed by atoms with van der Waals surface area (Å²) in [4.78, 5) is 13.4. The number of rotatable bonds is 5. The minimum absolute atomic E-state index is 0.192. The molecule has 0 aliphatic carbocycles. The fraction of sp³-hybridized carbons (Fsp3) is 0.417.